The summed E-state index contributed by atoms with van der Waals surface area (Å²) in [5.41, 5.74) is 1.33. The molecule has 0 aliphatic heterocycles. The van der Waals surface area contributed by atoms with Gasteiger partial charge in [0.2, 0.25) is 0 Å². The molecule has 21 heavy (non-hydrogen) atoms. The Labute approximate surface area is 121 Å². The number of aromatic nitrogens is 2. The van der Waals surface area contributed by atoms with Crippen molar-refractivity contribution in [3.63, 3.8) is 0 Å². The van der Waals surface area contributed by atoms with Gasteiger partial charge in [0.1, 0.15) is 17.7 Å². The summed E-state index contributed by atoms with van der Waals surface area (Å²) in [6.07, 6.45) is 3.61. The number of carbonyl (C=O) groups is 1. The van der Waals surface area contributed by atoms with Crippen molar-refractivity contribution in [2.24, 2.45) is 0 Å². The van der Waals surface area contributed by atoms with Crippen LogP contribution in [-0.2, 0) is 12.8 Å². The fourth-order valence-corrected chi connectivity index (χ4v) is 2.67. The van der Waals surface area contributed by atoms with Crippen molar-refractivity contribution >= 4 is 11.8 Å². The number of benzene rings is 1. The Morgan fingerprint density at radius 1 is 1.29 bits per heavy atom. The summed E-state index contributed by atoms with van der Waals surface area (Å²) in [7, 11) is 0. The van der Waals surface area contributed by atoms with Gasteiger partial charge < -0.3 is 15.5 Å². The SMILES string of the molecule is O=C(O)c1cncnc1NCC1(O)Cc2ccccc2C1. The maximum absolute atomic E-state index is 11.1. The first-order valence-electron chi connectivity index (χ1n) is 6.64. The highest BCUT2D eigenvalue weighted by Gasteiger charge is 2.35. The lowest BCUT2D eigenvalue weighted by atomic mass is 10.0. The molecule has 1 aliphatic rings. The van der Waals surface area contributed by atoms with Crippen molar-refractivity contribution in [1.29, 1.82) is 0 Å². The monoisotopic (exact) mass is 285 g/mol. The van der Waals surface area contributed by atoms with E-state index in [1.54, 1.807) is 0 Å². The topological polar surface area (TPSA) is 95.3 Å². The zero-order valence-electron chi connectivity index (χ0n) is 11.3. The summed E-state index contributed by atoms with van der Waals surface area (Å²) < 4.78 is 0. The molecule has 1 heterocycles. The number of fused-ring (bicyclic) bond motifs is 1. The molecule has 0 spiro atoms. The number of carboxylic acids is 1. The van der Waals surface area contributed by atoms with Crippen LogP contribution in [0.4, 0.5) is 5.82 Å². The highest BCUT2D eigenvalue weighted by Crippen LogP contribution is 2.30. The lowest BCUT2D eigenvalue weighted by molar-refractivity contribution is 0.0642. The Morgan fingerprint density at radius 3 is 2.57 bits per heavy atom. The third-order valence-corrected chi connectivity index (χ3v) is 3.68. The predicted molar refractivity (Wildman–Crippen MR) is 76.3 cm³/mol. The quantitative estimate of drug-likeness (QED) is 0.779. The maximum atomic E-state index is 11.1. The van der Waals surface area contributed by atoms with Gasteiger partial charge >= 0.3 is 5.97 Å². The number of aliphatic hydroxyl groups is 1. The second kappa shape index (κ2) is 5.14. The first-order chi connectivity index (χ1) is 10.1. The molecular weight excluding hydrogens is 270 g/mol. The van der Waals surface area contributed by atoms with E-state index < -0.39 is 11.6 Å². The van der Waals surface area contributed by atoms with Crippen molar-refractivity contribution in [1.82, 2.24) is 9.97 Å². The van der Waals surface area contributed by atoms with Gasteiger partial charge in [-0.2, -0.15) is 0 Å². The maximum Gasteiger partial charge on any atom is 0.341 e. The van der Waals surface area contributed by atoms with Gasteiger partial charge in [-0.05, 0) is 11.1 Å². The number of nitrogens with zero attached hydrogens (tertiary/aromatic N) is 2. The van der Waals surface area contributed by atoms with Gasteiger partial charge in [-0.15, -0.1) is 0 Å². The largest absolute Gasteiger partial charge is 0.477 e. The second-order valence-corrected chi connectivity index (χ2v) is 5.29. The van der Waals surface area contributed by atoms with Crippen LogP contribution < -0.4 is 5.32 Å². The van der Waals surface area contributed by atoms with Crippen molar-refractivity contribution in [2.75, 3.05) is 11.9 Å². The summed E-state index contributed by atoms with van der Waals surface area (Å²) in [6.45, 7) is 0.235. The third-order valence-electron chi connectivity index (χ3n) is 3.68. The molecule has 0 atom stereocenters. The molecule has 1 aliphatic carbocycles. The number of anilines is 1. The molecule has 0 saturated heterocycles. The Kier molecular flexibility index (Phi) is 3.31. The molecule has 3 N–H and O–H groups in total. The van der Waals surface area contributed by atoms with Crippen molar-refractivity contribution < 1.29 is 15.0 Å². The van der Waals surface area contributed by atoms with Crippen LogP contribution in [0.25, 0.3) is 0 Å². The first-order valence-corrected chi connectivity index (χ1v) is 6.64. The lowest BCUT2D eigenvalue weighted by Crippen LogP contribution is -2.38. The van der Waals surface area contributed by atoms with E-state index in [0.29, 0.717) is 12.8 Å². The van der Waals surface area contributed by atoms with Gasteiger partial charge in [0.15, 0.2) is 0 Å². The first kappa shape index (κ1) is 13.5. The smallest absolute Gasteiger partial charge is 0.341 e. The normalized spacial score (nSPS) is 15.5. The molecule has 0 amide bonds. The van der Waals surface area contributed by atoms with Gasteiger partial charge in [0, 0.05) is 25.6 Å². The van der Waals surface area contributed by atoms with E-state index in [-0.39, 0.29) is 17.9 Å². The molecule has 3 rings (SSSR count). The summed E-state index contributed by atoms with van der Waals surface area (Å²) >= 11 is 0. The number of rotatable bonds is 4. The Morgan fingerprint density at radius 2 is 1.95 bits per heavy atom. The zero-order valence-corrected chi connectivity index (χ0v) is 11.3. The zero-order chi connectivity index (χ0) is 14.9. The lowest BCUT2D eigenvalue weighted by Gasteiger charge is -2.23. The minimum absolute atomic E-state index is 0.00314. The van der Waals surface area contributed by atoms with E-state index in [9.17, 15) is 9.90 Å². The van der Waals surface area contributed by atoms with Gasteiger partial charge in [-0.3, -0.25) is 0 Å². The molecule has 0 bridgehead atoms. The number of hydrogen-bond acceptors (Lipinski definition) is 5. The van der Waals surface area contributed by atoms with Crippen LogP contribution in [0.1, 0.15) is 21.5 Å². The van der Waals surface area contributed by atoms with Crippen molar-refractivity contribution in [3.8, 4) is 0 Å². The highest BCUT2D eigenvalue weighted by atomic mass is 16.4. The van der Waals surface area contributed by atoms with E-state index in [1.807, 2.05) is 24.3 Å². The molecule has 0 fully saturated rings. The minimum atomic E-state index is -1.10. The van der Waals surface area contributed by atoms with Crippen LogP contribution in [0.15, 0.2) is 36.8 Å². The standard InChI is InChI=1S/C15H15N3O3/c19-14(20)12-7-16-9-18-13(12)17-8-15(21)5-10-3-1-2-4-11(10)6-15/h1-4,7,9,21H,5-6,8H2,(H,19,20)(H,16,17,18). The van der Waals surface area contributed by atoms with Gasteiger partial charge in [-0.25, -0.2) is 14.8 Å². The molecule has 0 radical (unpaired) electrons. The summed E-state index contributed by atoms with van der Waals surface area (Å²) in [5, 5.41) is 22.7. The third kappa shape index (κ3) is 2.71. The summed E-state index contributed by atoms with van der Waals surface area (Å²) in [5.74, 6) is -0.873. The van der Waals surface area contributed by atoms with Crippen molar-refractivity contribution in [2.45, 2.75) is 18.4 Å². The molecule has 1 aromatic heterocycles. The van der Waals surface area contributed by atoms with Gasteiger partial charge in [0.05, 0.1) is 5.60 Å². The molecule has 6 heteroatoms. The summed E-state index contributed by atoms with van der Waals surface area (Å²) in [4.78, 5) is 18.7. The molecule has 0 unspecified atom stereocenters. The number of nitrogens with one attached hydrogen (secondary N) is 1. The van der Waals surface area contributed by atoms with Gasteiger partial charge in [0.25, 0.3) is 0 Å². The molecule has 108 valence electrons. The Balaban J connectivity index is 1.73. The molecule has 1 aromatic carbocycles. The van der Waals surface area contributed by atoms with Crippen LogP contribution in [-0.4, -0.2) is 38.3 Å². The van der Waals surface area contributed by atoms with E-state index in [1.165, 1.54) is 12.5 Å². The van der Waals surface area contributed by atoms with Crippen LogP contribution >= 0.6 is 0 Å². The number of carboxylic acid groups (broad SMARTS) is 1. The number of hydrogen-bond donors (Lipinski definition) is 3. The van der Waals surface area contributed by atoms with E-state index in [0.717, 1.165) is 11.1 Å². The molecule has 6 nitrogen and oxygen atoms in total. The van der Waals surface area contributed by atoms with Crippen LogP contribution in [0.3, 0.4) is 0 Å². The highest BCUT2D eigenvalue weighted by molar-refractivity contribution is 5.92. The van der Waals surface area contributed by atoms with E-state index >= 15 is 0 Å². The molecule has 0 saturated carbocycles. The van der Waals surface area contributed by atoms with Gasteiger partial charge in [-0.1, -0.05) is 24.3 Å². The predicted octanol–water partition coefficient (Wildman–Crippen LogP) is 1.12. The van der Waals surface area contributed by atoms with Crippen molar-refractivity contribution in [3.05, 3.63) is 53.5 Å². The fraction of sp³-hybridized carbons (Fsp3) is 0.267. The van der Waals surface area contributed by atoms with Crippen LogP contribution in [0, 0.1) is 0 Å². The minimum Gasteiger partial charge on any atom is -0.477 e. The fourth-order valence-electron chi connectivity index (χ4n) is 2.67. The number of aromatic carboxylic acids is 1. The molecular formula is C15H15N3O3. The second-order valence-electron chi connectivity index (χ2n) is 5.29. The summed E-state index contributed by atoms with van der Waals surface area (Å²) in [6, 6.07) is 7.90. The van der Waals surface area contributed by atoms with Crippen LogP contribution in [0.2, 0.25) is 0 Å². The average Bonchev–Trinajstić information content (AvgIpc) is 2.82. The average molecular weight is 285 g/mol. The Bertz CT molecular complexity index is 662. The molecule has 2 aromatic rings. The van der Waals surface area contributed by atoms with Crippen LogP contribution in [0.5, 0.6) is 0 Å². The van der Waals surface area contributed by atoms with E-state index in [2.05, 4.69) is 15.3 Å². The van der Waals surface area contributed by atoms with E-state index in [4.69, 9.17) is 5.11 Å². The Hall–Kier alpha value is -2.47.